The molecule has 2 heterocycles. The topological polar surface area (TPSA) is 6.48 Å². The van der Waals surface area contributed by atoms with Crippen LogP contribution in [0.4, 0.5) is 20.2 Å². The third-order valence-corrected chi connectivity index (χ3v) is 3.88. The molecule has 2 aliphatic rings. The first-order valence-electron chi connectivity index (χ1n) is 6.51. The van der Waals surface area contributed by atoms with Crippen LogP contribution in [0.15, 0.2) is 54.9 Å². The molecule has 0 bridgehead atoms. The van der Waals surface area contributed by atoms with Crippen molar-refractivity contribution in [2.75, 3.05) is 9.80 Å². The number of halogens is 2. The summed E-state index contributed by atoms with van der Waals surface area (Å²) in [6, 6.07) is 11.3. The Balaban J connectivity index is 1.69. The van der Waals surface area contributed by atoms with Crippen molar-refractivity contribution in [1.82, 2.24) is 0 Å². The second kappa shape index (κ2) is 4.07. The second-order valence-electron chi connectivity index (χ2n) is 5.05. The van der Waals surface area contributed by atoms with Gasteiger partial charge in [-0.1, -0.05) is 0 Å². The zero-order chi connectivity index (χ0) is 13.7. The Bertz CT molecular complexity index is 694. The third kappa shape index (κ3) is 1.61. The fourth-order valence-electron chi connectivity index (χ4n) is 2.95. The predicted octanol–water partition coefficient (Wildman–Crippen LogP) is 3.64. The Morgan fingerprint density at radius 3 is 2.35 bits per heavy atom. The van der Waals surface area contributed by atoms with Gasteiger partial charge in [0.2, 0.25) is 0 Å². The molecule has 4 heteroatoms. The molecule has 1 atom stereocenters. The van der Waals surface area contributed by atoms with E-state index in [0.717, 1.165) is 23.4 Å². The van der Waals surface area contributed by atoms with Crippen LogP contribution in [0.5, 0.6) is 0 Å². The Hall–Kier alpha value is -2.36. The maximum absolute atomic E-state index is 13.3. The number of rotatable bonds is 1. The van der Waals surface area contributed by atoms with E-state index in [9.17, 15) is 8.78 Å². The summed E-state index contributed by atoms with van der Waals surface area (Å²) in [5.74, 6) is -0.451. The molecule has 0 spiro atoms. The zero-order valence-electron chi connectivity index (χ0n) is 10.6. The van der Waals surface area contributed by atoms with Crippen LogP contribution < -0.4 is 9.80 Å². The lowest BCUT2D eigenvalue weighted by atomic mass is 10.1. The minimum Gasteiger partial charge on any atom is -0.325 e. The van der Waals surface area contributed by atoms with E-state index >= 15 is 0 Å². The van der Waals surface area contributed by atoms with Crippen LogP contribution in [0.25, 0.3) is 0 Å². The highest BCUT2D eigenvalue weighted by Gasteiger charge is 2.35. The first-order valence-corrected chi connectivity index (χ1v) is 6.51. The Morgan fingerprint density at radius 2 is 1.55 bits per heavy atom. The number of fused-ring (bicyclic) bond motifs is 3. The van der Waals surface area contributed by atoms with Crippen molar-refractivity contribution in [3.63, 3.8) is 0 Å². The van der Waals surface area contributed by atoms with E-state index in [2.05, 4.69) is 9.80 Å². The van der Waals surface area contributed by atoms with Crippen LogP contribution in [0.3, 0.4) is 0 Å². The molecule has 0 fully saturated rings. The van der Waals surface area contributed by atoms with Crippen LogP contribution in [0, 0.1) is 11.6 Å². The number of nitrogens with zero attached hydrogens (tertiary/aromatic N) is 2. The molecule has 1 unspecified atom stereocenters. The van der Waals surface area contributed by atoms with Crippen molar-refractivity contribution in [1.29, 1.82) is 0 Å². The smallest absolute Gasteiger partial charge is 0.123 e. The summed E-state index contributed by atoms with van der Waals surface area (Å²) in [5, 5.41) is 0. The molecule has 2 aromatic rings. The Kier molecular flexibility index (Phi) is 2.33. The van der Waals surface area contributed by atoms with Gasteiger partial charge in [0.05, 0.1) is 0 Å². The SMILES string of the molecule is Fc1ccc(N2C=CN3c4ccc(F)cc4CC23)cc1. The fourth-order valence-corrected chi connectivity index (χ4v) is 2.95. The molecule has 0 saturated heterocycles. The molecule has 2 aliphatic heterocycles. The van der Waals surface area contributed by atoms with Gasteiger partial charge in [0.25, 0.3) is 0 Å². The van der Waals surface area contributed by atoms with Crippen molar-refractivity contribution in [3.8, 4) is 0 Å². The lowest BCUT2D eigenvalue weighted by molar-refractivity contribution is 0.625. The summed E-state index contributed by atoms with van der Waals surface area (Å²) in [5.41, 5.74) is 2.98. The van der Waals surface area contributed by atoms with Gasteiger partial charge in [-0.25, -0.2) is 8.78 Å². The van der Waals surface area contributed by atoms with E-state index in [1.165, 1.54) is 18.2 Å². The van der Waals surface area contributed by atoms with Gasteiger partial charge < -0.3 is 9.80 Å². The fraction of sp³-hybridized carbons (Fsp3) is 0.125. The van der Waals surface area contributed by atoms with Gasteiger partial charge in [0, 0.05) is 30.2 Å². The first-order chi connectivity index (χ1) is 9.72. The summed E-state index contributed by atoms with van der Waals surface area (Å²) in [4.78, 5) is 4.20. The molecule has 4 rings (SSSR count). The van der Waals surface area contributed by atoms with Gasteiger partial charge in [-0.3, -0.25) is 0 Å². The van der Waals surface area contributed by atoms with Gasteiger partial charge in [0.1, 0.15) is 17.8 Å². The van der Waals surface area contributed by atoms with E-state index in [-0.39, 0.29) is 17.8 Å². The molecular weight excluding hydrogens is 258 g/mol. The normalized spacial score (nSPS) is 19.4. The highest BCUT2D eigenvalue weighted by Crippen LogP contribution is 2.39. The van der Waals surface area contributed by atoms with Crippen LogP contribution in [-0.2, 0) is 6.42 Å². The van der Waals surface area contributed by atoms with Gasteiger partial charge in [-0.05, 0) is 48.0 Å². The lowest BCUT2D eigenvalue weighted by Crippen LogP contribution is -2.36. The average molecular weight is 270 g/mol. The van der Waals surface area contributed by atoms with Crippen LogP contribution in [-0.4, -0.2) is 6.17 Å². The molecule has 0 aliphatic carbocycles. The quantitative estimate of drug-likeness (QED) is 0.780. The van der Waals surface area contributed by atoms with E-state index in [0.29, 0.717) is 0 Å². The summed E-state index contributed by atoms with van der Waals surface area (Å²) < 4.78 is 26.3. The Morgan fingerprint density at radius 1 is 0.850 bits per heavy atom. The highest BCUT2D eigenvalue weighted by atomic mass is 19.1. The summed E-state index contributed by atoms with van der Waals surface area (Å²) in [7, 11) is 0. The number of hydrogen-bond acceptors (Lipinski definition) is 2. The monoisotopic (exact) mass is 270 g/mol. The van der Waals surface area contributed by atoms with E-state index < -0.39 is 0 Å². The van der Waals surface area contributed by atoms with Gasteiger partial charge >= 0.3 is 0 Å². The number of anilines is 2. The van der Waals surface area contributed by atoms with Gasteiger partial charge in [0.15, 0.2) is 0 Å². The van der Waals surface area contributed by atoms with Crippen molar-refractivity contribution in [2.24, 2.45) is 0 Å². The zero-order valence-corrected chi connectivity index (χ0v) is 10.6. The number of hydrogen-bond donors (Lipinski definition) is 0. The molecule has 2 aromatic carbocycles. The Labute approximate surface area is 115 Å². The van der Waals surface area contributed by atoms with Crippen LogP contribution >= 0.6 is 0 Å². The minimum atomic E-state index is -0.245. The molecular formula is C16H12F2N2. The molecule has 0 saturated carbocycles. The first kappa shape index (κ1) is 11.5. The summed E-state index contributed by atoms with van der Waals surface area (Å²) in [6.07, 6.45) is 4.82. The highest BCUT2D eigenvalue weighted by molar-refractivity contribution is 5.68. The third-order valence-electron chi connectivity index (χ3n) is 3.88. The molecule has 100 valence electrons. The van der Waals surface area contributed by atoms with Crippen molar-refractivity contribution < 1.29 is 8.78 Å². The molecule has 2 nitrogen and oxygen atoms in total. The van der Waals surface area contributed by atoms with Crippen molar-refractivity contribution in [2.45, 2.75) is 12.6 Å². The lowest BCUT2D eigenvalue weighted by Gasteiger charge is -2.27. The van der Waals surface area contributed by atoms with E-state index in [1.807, 2.05) is 18.5 Å². The van der Waals surface area contributed by atoms with Crippen LogP contribution in [0.1, 0.15) is 5.56 Å². The second-order valence-corrected chi connectivity index (χ2v) is 5.05. The van der Waals surface area contributed by atoms with E-state index in [1.54, 1.807) is 18.2 Å². The number of benzene rings is 2. The molecule has 0 amide bonds. The predicted molar refractivity (Wildman–Crippen MR) is 74.4 cm³/mol. The molecule has 0 radical (unpaired) electrons. The standard InChI is InChI=1S/C16H12F2N2/c17-12-1-4-14(5-2-12)19-7-8-20-15-6-3-13(18)9-11(15)10-16(19)20/h1-9,16H,10H2. The largest absolute Gasteiger partial charge is 0.325 e. The van der Waals surface area contributed by atoms with Crippen molar-refractivity contribution in [3.05, 3.63) is 72.1 Å². The van der Waals surface area contributed by atoms with Gasteiger partial charge in [-0.15, -0.1) is 0 Å². The minimum absolute atomic E-state index is 0.109. The van der Waals surface area contributed by atoms with Crippen LogP contribution in [0.2, 0.25) is 0 Å². The van der Waals surface area contributed by atoms with Gasteiger partial charge in [-0.2, -0.15) is 0 Å². The molecule has 20 heavy (non-hydrogen) atoms. The molecule has 0 aromatic heterocycles. The summed E-state index contributed by atoms with van der Waals surface area (Å²) >= 11 is 0. The maximum Gasteiger partial charge on any atom is 0.123 e. The van der Waals surface area contributed by atoms with Crippen molar-refractivity contribution >= 4 is 11.4 Å². The summed E-state index contributed by atoms with van der Waals surface area (Å²) in [6.45, 7) is 0. The maximum atomic E-state index is 13.3. The molecule has 0 N–H and O–H groups in total. The van der Waals surface area contributed by atoms with E-state index in [4.69, 9.17) is 0 Å². The average Bonchev–Trinajstić information content (AvgIpc) is 2.98.